The summed E-state index contributed by atoms with van der Waals surface area (Å²) in [5, 5.41) is 1.01. The molecule has 0 spiro atoms. The monoisotopic (exact) mass is 231 g/mol. The summed E-state index contributed by atoms with van der Waals surface area (Å²) in [5.41, 5.74) is 3.37. The minimum Gasteiger partial charge on any atom is -0.490 e. The Morgan fingerprint density at radius 3 is 2.65 bits per heavy atom. The van der Waals surface area contributed by atoms with Gasteiger partial charge in [0.25, 0.3) is 0 Å². The number of nitrogens with zero attached hydrogens (tertiary/aromatic N) is 1. The second kappa shape index (κ2) is 4.10. The van der Waals surface area contributed by atoms with E-state index < -0.39 is 0 Å². The van der Waals surface area contributed by atoms with Crippen LogP contribution < -0.4 is 20.7 Å². The van der Waals surface area contributed by atoms with Gasteiger partial charge in [-0.3, -0.25) is 0 Å². The van der Waals surface area contributed by atoms with E-state index in [9.17, 15) is 0 Å². The topological polar surface area (TPSA) is 69.4 Å². The number of aromatic nitrogens is 1. The number of hydrazine groups is 1. The van der Waals surface area contributed by atoms with Crippen molar-refractivity contribution in [1.29, 1.82) is 0 Å². The van der Waals surface area contributed by atoms with Gasteiger partial charge in [-0.15, -0.1) is 0 Å². The maximum Gasteiger partial charge on any atom is 0.163 e. The van der Waals surface area contributed by atoms with Crippen molar-refractivity contribution in [2.45, 2.75) is 6.42 Å². The number of hydrogen-bond acceptors (Lipinski definition) is 5. The summed E-state index contributed by atoms with van der Waals surface area (Å²) in [6, 6.07) is 7.61. The van der Waals surface area contributed by atoms with E-state index in [1.165, 1.54) is 0 Å². The molecule has 0 saturated carbocycles. The minimum atomic E-state index is 0.631. The first-order valence-electron chi connectivity index (χ1n) is 5.54. The van der Waals surface area contributed by atoms with Crippen LogP contribution in [-0.2, 0) is 0 Å². The van der Waals surface area contributed by atoms with Crippen LogP contribution in [0.25, 0.3) is 10.9 Å². The van der Waals surface area contributed by atoms with E-state index in [0.717, 1.165) is 28.8 Å². The number of nitrogens with one attached hydrogen (secondary N) is 1. The van der Waals surface area contributed by atoms with E-state index in [0.29, 0.717) is 19.0 Å². The molecule has 0 saturated heterocycles. The SMILES string of the molecule is NNc1ccc2cc3c(cc2n1)OCCCO3. The fourth-order valence-corrected chi connectivity index (χ4v) is 1.86. The highest BCUT2D eigenvalue weighted by atomic mass is 16.5. The highest BCUT2D eigenvalue weighted by Gasteiger charge is 2.12. The van der Waals surface area contributed by atoms with Gasteiger partial charge in [-0.2, -0.15) is 0 Å². The maximum atomic E-state index is 5.62. The van der Waals surface area contributed by atoms with Crippen molar-refractivity contribution in [2.24, 2.45) is 5.84 Å². The Hall–Kier alpha value is -2.01. The van der Waals surface area contributed by atoms with Crippen molar-refractivity contribution < 1.29 is 9.47 Å². The van der Waals surface area contributed by atoms with Crippen LogP contribution in [0.5, 0.6) is 11.5 Å². The van der Waals surface area contributed by atoms with Crippen LogP contribution in [0.4, 0.5) is 5.82 Å². The summed E-state index contributed by atoms with van der Waals surface area (Å²) in [6.07, 6.45) is 0.897. The number of hydrogen-bond donors (Lipinski definition) is 2. The quantitative estimate of drug-likeness (QED) is 0.577. The largest absolute Gasteiger partial charge is 0.490 e. The molecule has 5 nitrogen and oxygen atoms in total. The Morgan fingerprint density at radius 2 is 1.88 bits per heavy atom. The lowest BCUT2D eigenvalue weighted by molar-refractivity contribution is 0.297. The first-order chi connectivity index (χ1) is 8.36. The molecule has 17 heavy (non-hydrogen) atoms. The molecule has 0 unspecified atom stereocenters. The molecule has 1 aromatic carbocycles. The van der Waals surface area contributed by atoms with Gasteiger partial charge < -0.3 is 14.9 Å². The lowest BCUT2D eigenvalue weighted by Crippen LogP contribution is -2.08. The van der Waals surface area contributed by atoms with Gasteiger partial charge in [-0.25, -0.2) is 10.8 Å². The fraction of sp³-hybridized carbons (Fsp3) is 0.250. The molecule has 0 atom stereocenters. The van der Waals surface area contributed by atoms with Gasteiger partial charge in [0.15, 0.2) is 11.5 Å². The molecule has 0 fully saturated rings. The number of benzene rings is 1. The standard InChI is InChI=1S/C12H13N3O2/c13-15-12-3-2-8-6-10-11(7-9(8)14-12)17-5-1-4-16-10/h2-3,6-7H,1,4-5,13H2,(H,14,15). The van der Waals surface area contributed by atoms with Crippen molar-refractivity contribution in [3.05, 3.63) is 24.3 Å². The van der Waals surface area contributed by atoms with Crippen LogP contribution in [0, 0.1) is 0 Å². The molecular weight excluding hydrogens is 218 g/mol. The summed E-state index contributed by atoms with van der Waals surface area (Å²) < 4.78 is 11.2. The first kappa shape index (κ1) is 10.2. The zero-order valence-corrected chi connectivity index (χ0v) is 9.27. The molecule has 2 aromatic rings. The van der Waals surface area contributed by atoms with E-state index in [4.69, 9.17) is 15.3 Å². The van der Waals surface area contributed by atoms with E-state index in [1.54, 1.807) is 0 Å². The molecule has 0 bridgehead atoms. The molecule has 1 aliphatic heterocycles. The minimum absolute atomic E-state index is 0.631. The zero-order chi connectivity index (χ0) is 11.7. The van der Waals surface area contributed by atoms with Crippen LogP contribution in [0.1, 0.15) is 6.42 Å². The van der Waals surface area contributed by atoms with Crippen molar-refractivity contribution >= 4 is 16.7 Å². The number of fused-ring (bicyclic) bond motifs is 2. The number of nitrogen functional groups attached to an aromatic ring is 1. The third-order valence-electron chi connectivity index (χ3n) is 2.71. The zero-order valence-electron chi connectivity index (χ0n) is 9.27. The normalized spacial score (nSPS) is 14.4. The van der Waals surface area contributed by atoms with E-state index >= 15 is 0 Å². The summed E-state index contributed by atoms with van der Waals surface area (Å²) in [5.74, 6) is 7.50. The van der Waals surface area contributed by atoms with Gasteiger partial charge in [0, 0.05) is 17.9 Å². The Morgan fingerprint density at radius 1 is 1.12 bits per heavy atom. The highest BCUT2D eigenvalue weighted by molar-refractivity contribution is 5.84. The molecule has 5 heteroatoms. The predicted molar refractivity (Wildman–Crippen MR) is 65.2 cm³/mol. The van der Waals surface area contributed by atoms with Gasteiger partial charge in [0.2, 0.25) is 0 Å². The maximum absolute atomic E-state index is 5.62. The smallest absolute Gasteiger partial charge is 0.163 e. The summed E-state index contributed by atoms with van der Waals surface area (Å²) in [6.45, 7) is 1.36. The Balaban J connectivity index is 2.15. The third kappa shape index (κ3) is 1.85. The predicted octanol–water partition coefficient (Wildman–Crippen LogP) is 1.68. The molecule has 1 aromatic heterocycles. The number of anilines is 1. The van der Waals surface area contributed by atoms with Crippen LogP contribution in [0.15, 0.2) is 24.3 Å². The van der Waals surface area contributed by atoms with Gasteiger partial charge in [0.05, 0.1) is 18.7 Å². The van der Waals surface area contributed by atoms with Gasteiger partial charge >= 0.3 is 0 Å². The molecule has 88 valence electrons. The van der Waals surface area contributed by atoms with E-state index in [2.05, 4.69) is 10.4 Å². The summed E-state index contributed by atoms with van der Waals surface area (Å²) >= 11 is 0. The highest BCUT2D eigenvalue weighted by Crippen LogP contribution is 2.33. The third-order valence-corrected chi connectivity index (χ3v) is 2.71. The average molecular weight is 231 g/mol. The molecule has 0 amide bonds. The summed E-state index contributed by atoms with van der Waals surface area (Å²) in [4.78, 5) is 4.36. The lowest BCUT2D eigenvalue weighted by atomic mass is 10.2. The van der Waals surface area contributed by atoms with Crippen molar-refractivity contribution in [3.63, 3.8) is 0 Å². The molecule has 3 N–H and O–H groups in total. The van der Waals surface area contributed by atoms with Crippen LogP contribution in [-0.4, -0.2) is 18.2 Å². The fourth-order valence-electron chi connectivity index (χ4n) is 1.86. The Bertz CT molecular complexity index is 557. The van der Waals surface area contributed by atoms with Gasteiger partial charge in [-0.05, 0) is 18.2 Å². The first-order valence-corrected chi connectivity index (χ1v) is 5.54. The number of nitrogens with two attached hydrogens (primary N) is 1. The van der Waals surface area contributed by atoms with E-state index in [-0.39, 0.29) is 0 Å². The lowest BCUT2D eigenvalue weighted by Gasteiger charge is -2.09. The molecule has 2 heterocycles. The average Bonchev–Trinajstić information content (AvgIpc) is 2.60. The van der Waals surface area contributed by atoms with Crippen LogP contribution in [0.2, 0.25) is 0 Å². The molecular formula is C12H13N3O2. The van der Waals surface area contributed by atoms with Crippen molar-refractivity contribution in [3.8, 4) is 11.5 Å². The molecule has 1 aliphatic rings. The Labute approximate surface area is 98.5 Å². The second-order valence-electron chi connectivity index (χ2n) is 3.88. The van der Waals surface area contributed by atoms with Crippen LogP contribution in [0.3, 0.4) is 0 Å². The van der Waals surface area contributed by atoms with Gasteiger partial charge in [-0.1, -0.05) is 0 Å². The van der Waals surface area contributed by atoms with Crippen molar-refractivity contribution in [2.75, 3.05) is 18.6 Å². The van der Waals surface area contributed by atoms with Crippen LogP contribution >= 0.6 is 0 Å². The Kier molecular flexibility index (Phi) is 2.45. The number of pyridine rings is 1. The van der Waals surface area contributed by atoms with E-state index in [1.807, 2.05) is 24.3 Å². The molecule has 0 radical (unpaired) electrons. The summed E-state index contributed by atoms with van der Waals surface area (Å²) in [7, 11) is 0. The second-order valence-corrected chi connectivity index (χ2v) is 3.88. The van der Waals surface area contributed by atoms with Gasteiger partial charge in [0.1, 0.15) is 5.82 Å². The number of ether oxygens (including phenoxy) is 2. The molecule has 3 rings (SSSR count). The number of rotatable bonds is 1. The molecule has 0 aliphatic carbocycles. The van der Waals surface area contributed by atoms with Crippen molar-refractivity contribution in [1.82, 2.24) is 4.98 Å².